The van der Waals surface area contributed by atoms with Gasteiger partial charge in [0.05, 0.1) is 19.8 Å². The molecular formula is C32H35N3O2. The number of allylic oxidation sites excluding steroid dienone is 1. The van der Waals surface area contributed by atoms with Gasteiger partial charge in [-0.25, -0.2) is 0 Å². The van der Waals surface area contributed by atoms with Crippen LogP contribution in [0.3, 0.4) is 0 Å². The van der Waals surface area contributed by atoms with Gasteiger partial charge in [0.1, 0.15) is 0 Å². The third-order valence-corrected chi connectivity index (χ3v) is 7.73. The van der Waals surface area contributed by atoms with Gasteiger partial charge >= 0.3 is 0 Å². The van der Waals surface area contributed by atoms with Crippen LogP contribution in [0.5, 0.6) is 0 Å². The van der Waals surface area contributed by atoms with E-state index in [1.165, 1.54) is 19.4 Å². The second-order valence-corrected chi connectivity index (χ2v) is 10.6. The molecule has 1 unspecified atom stereocenters. The van der Waals surface area contributed by atoms with Crippen molar-refractivity contribution in [3.8, 4) is 11.1 Å². The fourth-order valence-electron chi connectivity index (χ4n) is 5.74. The molecule has 5 rings (SSSR count). The topological polar surface area (TPSA) is 53.5 Å². The molecule has 0 radical (unpaired) electrons. The number of anilines is 2. The monoisotopic (exact) mass is 494 g/mol. The predicted octanol–water partition coefficient (Wildman–Crippen LogP) is 6.39. The van der Waals surface area contributed by atoms with Crippen molar-refractivity contribution in [1.82, 2.24) is 4.98 Å². The van der Waals surface area contributed by atoms with Crippen LogP contribution in [-0.2, 0) is 16.1 Å². The molecule has 2 aliphatic carbocycles. The Morgan fingerprint density at radius 2 is 1.68 bits per heavy atom. The van der Waals surface area contributed by atoms with Gasteiger partial charge in [-0.15, -0.1) is 0 Å². The van der Waals surface area contributed by atoms with Crippen LogP contribution in [0.1, 0.15) is 45.1 Å². The zero-order valence-electron chi connectivity index (χ0n) is 22.8. The molecule has 1 heterocycles. The fraction of sp³-hybridized carbons (Fsp3) is 0.344. The predicted molar refractivity (Wildman–Crippen MR) is 150 cm³/mol. The van der Waals surface area contributed by atoms with Crippen LogP contribution >= 0.6 is 0 Å². The Morgan fingerprint density at radius 1 is 0.973 bits per heavy atom. The SMILES string of the molecule is [2H]C(c1ccc(-c2ccc(N(C)C)cc2)cc1)N(C(=O)[C@@H]1C[C@@H]2CC[C@H]1C2)c1cncc(/C=C/C(C)=O)c1. The summed E-state index contributed by atoms with van der Waals surface area (Å²) in [5.74, 6) is 0.937. The Balaban J connectivity index is 1.45. The number of carbonyl (C=O) groups is 2. The second-order valence-electron chi connectivity index (χ2n) is 10.6. The third-order valence-electron chi connectivity index (χ3n) is 7.73. The largest absolute Gasteiger partial charge is 0.378 e. The van der Waals surface area contributed by atoms with Gasteiger partial charge < -0.3 is 9.80 Å². The summed E-state index contributed by atoms with van der Waals surface area (Å²) >= 11 is 0. The lowest BCUT2D eigenvalue weighted by atomic mass is 9.87. The summed E-state index contributed by atoms with van der Waals surface area (Å²) in [6, 6.07) is 18.2. The first-order chi connectivity index (χ1) is 18.3. The number of carbonyl (C=O) groups excluding carboxylic acids is 2. The lowest BCUT2D eigenvalue weighted by Gasteiger charge is -2.30. The Morgan fingerprint density at radius 3 is 2.27 bits per heavy atom. The summed E-state index contributed by atoms with van der Waals surface area (Å²) in [6.45, 7) is 0.597. The molecule has 4 atom stereocenters. The van der Waals surface area contributed by atoms with Crippen LogP contribution in [0.25, 0.3) is 17.2 Å². The number of hydrogen-bond donors (Lipinski definition) is 0. The van der Waals surface area contributed by atoms with Crippen LogP contribution in [-0.4, -0.2) is 30.8 Å². The minimum absolute atomic E-state index is 0.00930. The summed E-state index contributed by atoms with van der Waals surface area (Å²) in [4.78, 5) is 33.5. The van der Waals surface area contributed by atoms with E-state index in [0.29, 0.717) is 17.5 Å². The van der Waals surface area contributed by atoms with Crippen molar-refractivity contribution in [2.45, 2.75) is 39.1 Å². The van der Waals surface area contributed by atoms with Gasteiger partial charge in [0.25, 0.3) is 0 Å². The molecule has 2 bridgehead atoms. The standard InChI is InChI=1S/C32H35N3O2/c1-22(36)4-5-25-17-30(20-33-19-25)35(32(37)31-18-24-8-11-28(31)16-24)21-23-6-9-26(10-7-23)27-12-14-29(15-13-27)34(2)3/h4-7,9-10,12-15,17,19-20,24,28,31H,8,11,16,18,21H2,1-3H3/b5-4+/t24-,28+,31-/m1/s1/i21D/t21?,24-,28+,31-. The Labute approximate surface area is 221 Å². The first kappa shape index (κ1) is 23.7. The first-order valence-corrected chi connectivity index (χ1v) is 13.1. The van der Waals surface area contributed by atoms with E-state index in [2.05, 4.69) is 34.1 Å². The molecule has 2 aromatic carbocycles. The highest BCUT2D eigenvalue weighted by molar-refractivity contribution is 5.96. The van der Waals surface area contributed by atoms with Gasteiger partial charge in [-0.2, -0.15) is 0 Å². The number of rotatable bonds is 8. The van der Waals surface area contributed by atoms with Crippen molar-refractivity contribution in [2.24, 2.45) is 17.8 Å². The average molecular weight is 495 g/mol. The van der Waals surface area contributed by atoms with Crippen molar-refractivity contribution in [1.29, 1.82) is 0 Å². The molecule has 1 aromatic heterocycles. The van der Waals surface area contributed by atoms with Gasteiger partial charge in [0.2, 0.25) is 5.91 Å². The number of amides is 1. The molecule has 0 spiro atoms. The van der Waals surface area contributed by atoms with Crippen LogP contribution < -0.4 is 9.80 Å². The maximum Gasteiger partial charge on any atom is 0.230 e. The summed E-state index contributed by atoms with van der Waals surface area (Å²) in [6.07, 6.45) is 10.8. The van der Waals surface area contributed by atoms with Gasteiger partial charge in [0, 0.05) is 31.9 Å². The number of ketones is 1. The van der Waals surface area contributed by atoms with Gasteiger partial charge in [0.15, 0.2) is 5.78 Å². The molecule has 5 heteroatoms. The molecule has 2 fully saturated rings. The number of pyridine rings is 1. The molecule has 2 aliphatic rings. The third kappa shape index (κ3) is 5.66. The van der Waals surface area contributed by atoms with Crippen molar-refractivity contribution in [3.05, 3.63) is 84.2 Å². The zero-order chi connectivity index (χ0) is 26.8. The van der Waals surface area contributed by atoms with Crippen LogP contribution in [0.2, 0.25) is 0 Å². The van der Waals surface area contributed by atoms with E-state index in [4.69, 9.17) is 0 Å². The fourth-order valence-corrected chi connectivity index (χ4v) is 5.74. The highest BCUT2D eigenvalue weighted by Crippen LogP contribution is 2.49. The summed E-state index contributed by atoms with van der Waals surface area (Å²) < 4.78 is 9.23. The Kier molecular flexibility index (Phi) is 6.85. The molecule has 3 aromatic rings. The van der Waals surface area contributed by atoms with Gasteiger partial charge in [-0.1, -0.05) is 42.8 Å². The van der Waals surface area contributed by atoms with E-state index in [1.54, 1.807) is 23.4 Å². The normalized spacial score (nSPS) is 21.6. The number of fused-ring (bicyclic) bond motifs is 2. The average Bonchev–Trinajstić information content (AvgIpc) is 3.57. The molecule has 37 heavy (non-hydrogen) atoms. The minimum atomic E-state index is -0.902. The van der Waals surface area contributed by atoms with Crippen LogP contribution in [0.4, 0.5) is 11.4 Å². The van der Waals surface area contributed by atoms with E-state index < -0.39 is 6.52 Å². The molecule has 5 nitrogen and oxygen atoms in total. The second kappa shape index (κ2) is 10.7. The van der Waals surface area contributed by atoms with Crippen molar-refractivity contribution in [3.63, 3.8) is 0 Å². The van der Waals surface area contributed by atoms with E-state index in [0.717, 1.165) is 47.2 Å². The smallest absolute Gasteiger partial charge is 0.230 e. The van der Waals surface area contributed by atoms with Crippen molar-refractivity contribution < 1.29 is 11.0 Å². The molecule has 190 valence electrons. The highest BCUT2D eigenvalue weighted by atomic mass is 16.2. The molecule has 0 saturated heterocycles. The number of nitrogens with zero attached hydrogens (tertiary/aromatic N) is 3. The summed E-state index contributed by atoms with van der Waals surface area (Å²) in [5.41, 5.74) is 5.38. The maximum atomic E-state index is 14.0. The summed E-state index contributed by atoms with van der Waals surface area (Å²) in [5, 5.41) is 0. The Bertz CT molecular complexity index is 1330. The van der Waals surface area contributed by atoms with Crippen molar-refractivity contribution >= 4 is 29.1 Å². The summed E-state index contributed by atoms with van der Waals surface area (Å²) in [7, 11) is 4.04. The zero-order valence-corrected chi connectivity index (χ0v) is 21.8. The Hall–Kier alpha value is -3.73. The van der Waals surface area contributed by atoms with E-state index in [-0.39, 0.29) is 17.6 Å². The first-order valence-electron chi connectivity index (χ1n) is 13.6. The quantitative estimate of drug-likeness (QED) is 0.341. The molecular weight excluding hydrogens is 458 g/mol. The maximum absolute atomic E-state index is 14.0. The lowest BCUT2D eigenvalue weighted by Crippen LogP contribution is -2.38. The molecule has 0 aliphatic heterocycles. The number of aromatic nitrogens is 1. The molecule has 2 saturated carbocycles. The van der Waals surface area contributed by atoms with Crippen LogP contribution in [0, 0.1) is 17.8 Å². The highest BCUT2D eigenvalue weighted by Gasteiger charge is 2.44. The number of benzene rings is 2. The van der Waals surface area contributed by atoms with E-state index >= 15 is 0 Å². The van der Waals surface area contributed by atoms with Crippen LogP contribution in [0.15, 0.2) is 73.1 Å². The molecule has 0 N–H and O–H groups in total. The van der Waals surface area contributed by atoms with Gasteiger partial charge in [-0.05, 0) is 90.6 Å². The molecule has 1 amide bonds. The van der Waals surface area contributed by atoms with E-state index in [1.807, 2.05) is 44.4 Å². The minimum Gasteiger partial charge on any atom is -0.378 e. The van der Waals surface area contributed by atoms with Crippen molar-refractivity contribution in [2.75, 3.05) is 23.9 Å². The lowest BCUT2D eigenvalue weighted by molar-refractivity contribution is -0.124. The van der Waals surface area contributed by atoms with Gasteiger partial charge in [-0.3, -0.25) is 14.6 Å². The van der Waals surface area contributed by atoms with E-state index in [9.17, 15) is 11.0 Å². The number of hydrogen-bond acceptors (Lipinski definition) is 4.